The van der Waals surface area contributed by atoms with Crippen molar-refractivity contribution in [2.45, 2.75) is 0 Å². The first-order chi connectivity index (χ1) is 11.1. The van der Waals surface area contributed by atoms with Crippen LogP contribution in [0.15, 0.2) is 27.4 Å². The molecule has 0 aliphatic carbocycles. The van der Waals surface area contributed by atoms with E-state index in [-0.39, 0.29) is 26.5 Å². The predicted molar refractivity (Wildman–Crippen MR) is 97.6 cm³/mol. The van der Waals surface area contributed by atoms with Crippen LogP contribution in [0.1, 0.15) is 0 Å². The Hall–Kier alpha value is -0.620. The normalized spacial score (nSPS) is 18.5. The summed E-state index contributed by atoms with van der Waals surface area (Å²) in [6.07, 6.45) is 2.72. The molecule has 1 aliphatic rings. The molecule has 1 atom stereocenters. The van der Waals surface area contributed by atoms with Gasteiger partial charge in [-0.15, -0.1) is 0 Å². The van der Waals surface area contributed by atoms with E-state index in [1.165, 1.54) is 17.6 Å². The van der Waals surface area contributed by atoms with Crippen molar-refractivity contribution < 1.29 is 27.9 Å². The average molecular weight is 417 g/mol. The number of ether oxygens (including phenoxy) is 1. The van der Waals surface area contributed by atoms with Crippen molar-refractivity contribution >= 4 is 56.1 Å². The van der Waals surface area contributed by atoms with Crippen LogP contribution in [0, 0.1) is 0 Å². The number of phosphoric acid groups is 1. The van der Waals surface area contributed by atoms with E-state index < -0.39 is 13.5 Å². The minimum absolute atomic E-state index is 0.0533. The Labute approximate surface area is 148 Å². The van der Waals surface area contributed by atoms with Gasteiger partial charge in [0.05, 0.1) is 26.1 Å². The summed E-state index contributed by atoms with van der Waals surface area (Å²) in [4.78, 5) is 30.7. The van der Waals surface area contributed by atoms with Crippen LogP contribution in [0.2, 0.25) is 0 Å². The van der Waals surface area contributed by atoms with Gasteiger partial charge in [0.1, 0.15) is 24.7 Å². The lowest BCUT2D eigenvalue weighted by atomic mass is 10.6. The predicted octanol–water partition coefficient (Wildman–Crippen LogP) is 0.441. The minimum atomic E-state index is -4.76. The first-order valence-corrected chi connectivity index (χ1v) is 11.5. The highest BCUT2D eigenvalue weighted by Crippen LogP contribution is 2.63. The van der Waals surface area contributed by atoms with E-state index in [1.807, 2.05) is 0 Å². The summed E-state index contributed by atoms with van der Waals surface area (Å²) in [6, 6.07) is 0. The first kappa shape index (κ1) is 21.4. The largest absolute Gasteiger partial charge is 0.475 e. The molecule has 0 saturated heterocycles. The summed E-state index contributed by atoms with van der Waals surface area (Å²) >= 11 is 8.53. The van der Waals surface area contributed by atoms with E-state index in [4.69, 9.17) is 36.6 Å². The smallest absolute Gasteiger partial charge is 0.386 e. The maximum Gasteiger partial charge on any atom is 0.475 e. The lowest BCUT2D eigenvalue weighted by molar-refractivity contribution is 0.0591. The maximum absolute atomic E-state index is 10.7. The van der Waals surface area contributed by atoms with E-state index in [9.17, 15) is 4.57 Å². The molecule has 0 aromatic heterocycles. The van der Waals surface area contributed by atoms with Gasteiger partial charge in [0, 0.05) is 0 Å². The fourth-order valence-corrected chi connectivity index (χ4v) is 4.90. The molecule has 0 radical (unpaired) electrons. The van der Waals surface area contributed by atoms with E-state index in [0.717, 1.165) is 0 Å². The molecule has 4 N–H and O–H groups in total. The van der Waals surface area contributed by atoms with Crippen LogP contribution in [0.5, 0.6) is 0 Å². The zero-order valence-electron chi connectivity index (χ0n) is 12.3. The zero-order chi connectivity index (χ0) is 18.2. The SMILES string of the molecule is C=C1N=CN=C(N)CN=CN1COCCOP(=S)(S)OP(=O)(O)O. The number of thiol groups is 1. The van der Waals surface area contributed by atoms with Crippen molar-refractivity contribution in [1.82, 2.24) is 4.90 Å². The summed E-state index contributed by atoms with van der Waals surface area (Å²) in [6.45, 7) is 3.98. The number of hydrogen-bond donors (Lipinski definition) is 4. The maximum atomic E-state index is 10.7. The fraction of sp³-hybridized carbons (Fsp3) is 0.444. The molecule has 1 heterocycles. The van der Waals surface area contributed by atoms with Gasteiger partial charge in [-0.2, -0.15) is 0 Å². The Balaban J connectivity index is 2.38. The molecule has 1 rings (SSSR count). The van der Waals surface area contributed by atoms with Gasteiger partial charge in [0.2, 0.25) is 0 Å². The summed E-state index contributed by atoms with van der Waals surface area (Å²) < 4.78 is 25.3. The van der Waals surface area contributed by atoms with Gasteiger partial charge in [-0.25, -0.2) is 18.9 Å². The monoisotopic (exact) mass is 417 g/mol. The van der Waals surface area contributed by atoms with Crippen LogP contribution in [-0.4, -0.2) is 59.7 Å². The Morgan fingerprint density at radius 2 is 2.21 bits per heavy atom. The fourth-order valence-electron chi connectivity index (χ4n) is 1.22. The number of rotatable bonds is 8. The summed E-state index contributed by atoms with van der Waals surface area (Å²) in [7, 11) is -4.76. The molecule has 0 saturated carbocycles. The molecular formula is C9H17N5O6P2S2. The molecule has 24 heavy (non-hydrogen) atoms. The summed E-state index contributed by atoms with van der Waals surface area (Å²) in [5.41, 5.74) is 2.21. The quantitative estimate of drug-likeness (QED) is 0.250. The topological polar surface area (TPSA) is 152 Å². The Bertz CT molecular complexity index is 636. The van der Waals surface area contributed by atoms with Gasteiger partial charge in [0.15, 0.2) is 0 Å². The standard InChI is InChI=1S/C9H17N5O6P2S2/c1-8-12-5-13-9(10)4-11-6-14(8)7-18-2-3-19-22(23,24)20-21(15,16)17/h5-6H,1-4,7H2,(H,23,24)(H2,10,12,13)(H2,15,16,17). The highest BCUT2D eigenvalue weighted by molar-refractivity contribution is 8.60. The number of hydrogen-bond acceptors (Lipinski definition) is 10. The number of amidine groups is 1. The van der Waals surface area contributed by atoms with E-state index in [0.29, 0.717) is 11.7 Å². The molecule has 136 valence electrons. The molecule has 0 fully saturated rings. The van der Waals surface area contributed by atoms with Gasteiger partial charge < -0.3 is 24.8 Å². The van der Waals surface area contributed by atoms with Crippen molar-refractivity contribution in [3.63, 3.8) is 0 Å². The second kappa shape index (κ2) is 9.76. The van der Waals surface area contributed by atoms with E-state index >= 15 is 0 Å². The van der Waals surface area contributed by atoms with Crippen LogP contribution >= 0.6 is 25.8 Å². The number of nitrogens with two attached hydrogens (primary N) is 1. The van der Waals surface area contributed by atoms with Crippen LogP contribution < -0.4 is 5.73 Å². The molecule has 1 aliphatic heterocycles. The van der Waals surface area contributed by atoms with Crippen LogP contribution in [0.3, 0.4) is 0 Å². The highest BCUT2D eigenvalue weighted by Gasteiger charge is 2.26. The van der Waals surface area contributed by atoms with Gasteiger partial charge in [-0.1, -0.05) is 18.8 Å². The van der Waals surface area contributed by atoms with Crippen LogP contribution in [0.4, 0.5) is 0 Å². The third kappa shape index (κ3) is 9.62. The van der Waals surface area contributed by atoms with Crippen molar-refractivity contribution in [3.8, 4) is 0 Å². The van der Waals surface area contributed by atoms with Gasteiger partial charge >= 0.3 is 7.82 Å². The second-order valence-electron chi connectivity index (χ2n) is 4.12. The van der Waals surface area contributed by atoms with Gasteiger partial charge in [-0.05, 0) is 11.8 Å². The summed E-state index contributed by atoms with van der Waals surface area (Å²) in [5, 5.41) is 0. The molecule has 11 nitrogen and oxygen atoms in total. The average Bonchev–Trinajstić information content (AvgIpc) is 2.48. The second-order valence-corrected chi connectivity index (χ2v) is 10.8. The van der Waals surface area contributed by atoms with Crippen molar-refractivity contribution in [2.24, 2.45) is 20.7 Å². The van der Waals surface area contributed by atoms with Gasteiger partial charge in [-0.3, -0.25) is 9.89 Å². The van der Waals surface area contributed by atoms with Crippen LogP contribution in [-0.2, 0) is 29.9 Å². The van der Waals surface area contributed by atoms with Crippen molar-refractivity contribution in [1.29, 1.82) is 0 Å². The Kier molecular flexibility index (Phi) is 8.71. The highest BCUT2D eigenvalue weighted by atomic mass is 32.9. The minimum Gasteiger partial charge on any atom is -0.386 e. The molecular weight excluding hydrogens is 400 g/mol. The number of nitrogens with zero attached hydrogens (tertiary/aromatic N) is 4. The molecule has 0 aromatic rings. The third-order valence-corrected chi connectivity index (χ3v) is 6.26. The molecule has 0 spiro atoms. The molecule has 0 amide bonds. The molecule has 15 heteroatoms. The molecule has 0 aromatic carbocycles. The Morgan fingerprint density at radius 3 is 2.88 bits per heavy atom. The van der Waals surface area contributed by atoms with Gasteiger partial charge in [0.25, 0.3) is 5.69 Å². The van der Waals surface area contributed by atoms with Crippen molar-refractivity contribution in [3.05, 3.63) is 12.4 Å². The Morgan fingerprint density at radius 1 is 1.50 bits per heavy atom. The van der Waals surface area contributed by atoms with E-state index in [1.54, 1.807) is 0 Å². The molecule has 1 unspecified atom stereocenters. The zero-order valence-corrected chi connectivity index (χ0v) is 15.8. The van der Waals surface area contributed by atoms with Crippen molar-refractivity contribution in [2.75, 3.05) is 26.5 Å². The number of aliphatic imine (C=N–C) groups is 3. The third-order valence-electron chi connectivity index (χ3n) is 2.16. The molecule has 0 bridgehead atoms. The van der Waals surface area contributed by atoms with Crippen LogP contribution in [0.25, 0.3) is 0 Å². The summed E-state index contributed by atoms with van der Waals surface area (Å²) in [5.74, 6) is 0.644. The van der Waals surface area contributed by atoms with E-state index in [2.05, 4.69) is 38.1 Å². The lowest BCUT2D eigenvalue weighted by Gasteiger charge is -2.19. The lowest BCUT2D eigenvalue weighted by Crippen LogP contribution is -2.25. The first-order valence-electron chi connectivity index (χ1n) is 6.21.